The van der Waals surface area contributed by atoms with Crippen LogP contribution in [0.2, 0.25) is 0 Å². The van der Waals surface area contributed by atoms with E-state index in [1.807, 2.05) is 12.1 Å². The highest BCUT2D eigenvalue weighted by molar-refractivity contribution is 5.85. The van der Waals surface area contributed by atoms with E-state index >= 15 is 0 Å². The summed E-state index contributed by atoms with van der Waals surface area (Å²) in [5.41, 5.74) is 0.707. The van der Waals surface area contributed by atoms with Gasteiger partial charge >= 0.3 is 6.18 Å². The van der Waals surface area contributed by atoms with Crippen LogP contribution in [0.25, 0.3) is 10.8 Å². The monoisotopic (exact) mass is 394 g/mol. The van der Waals surface area contributed by atoms with Crippen LogP contribution in [0.5, 0.6) is 5.75 Å². The molecule has 1 saturated heterocycles. The highest BCUT2D eigenvalue weighted by Gasteiger charge is 2.54. The van der Waals surface area contributed by atoms with Gasteiger partial charge in [0.1, 0.15) is 11.4 Å². The van der Waals surface area contributed by atoms with Crippen LogP contribution < -0.4 is 10.2 Å². The van der Waals surface area contributed by atoms with Crippen molar-refractivity contribution in [3.8, 4) is 5.75 Å². The summed E-state index contributed by atoms with van der Waals surface area (Å²) in [6, 6.07) is 8.32. The lowest BCUT2D eigenvalue weighted by atomic mass is 9.94. The second kappa shape index (κ2) is 6.65. The zero-order valence-electron chi connectivity index (χ0n) is 16.6. The molecule has 2 aromatic carbocycles. The number of nitrogens with one attached hydrogen (secondary N) is 1. The van der Waals surface area contributed by atoms with Crippen LogP contribution in [-0.4, -0.2) is 28.2 Å². The van der Waals surface area contributed by atoms with Crippen LogP contribution in [0, 0.1) is 0 Å². The molecule has 1 atom stereocenters. The minimum absolute atomic E-state index is 0.0113. The van der Waals surface area contributed by atoms with E-state index in [9.17, 15) is 18.0 Å². The van der Waals surface area contributed by atoms with E-state index in [4.69, 9.17) is 4.74 Å². The van der Waals surface area contributed by atoms with Gasteiger partial charge in [-0.15, -0.1) is 0 Å². The minimum Gasteiger partial charge on any atom is -0.488 e. The van der Waals surface area contributed by atoms with E-state index in [-0.39, 0.29) is 17.7 Å². The molecule has 28 heavy (non-hydrogen) atoms. The highest BCUT2D eigenvalue weighted by Crippen LogP contribution is 2.47. The molecule has 7 heteroatoms. The van der Waals surface area contributed by atoms with Gasteiger partial charge in [-0.05, 0) is 57.5 Å². The Morgan fingerprint density at radius 3 is 2.14 bits per heavy atom. The third-order valence-electron chi connectivity index (χ3n) is 4.65. The number of alkyl halides is 3. The number of carbonyl (C=O) groups excluding carboxylic acids is 1. The number of rotatable bonds is 3. The summed E-state index contributed by atoms with van der Waals surface area (Å²) >= 11 is 0. The van der Waals surface area contributed by atoms with E-state index in [1.165, 1.54) is 6.07 Å². The predicted molar refractivity (Wildman–Crippen MR) is 102 cm³/mol. The van der Waals surface area contributed by atoms with E-state index < -0.39 is 29.3 Å². The van der Waals surface area contributed by atoms with Gasteiger partial charge in [0.15, 0.2) is 6.04 Å². The number of fused-ring (bicyclic) bond motifs is 1. The van der Waals surface area contributed by atoms with Crippen molar-refractivity contribution < 1.29 is 22.7 Å². The van der Waals surface area contributed by atoms with E-state index in [0.717, 1.165) is 10.4 Å². The summed E-state index contributed by atoms with van der Waals surface area (Å²) in [6.45, 7) is 8.60. The Hall–Kier alpha value is -2.28. The molecular formula is C21H25F3N2O2. The molecule has 1 N–H and O–H groups in total. The summed E-state index contributed by atoms with van der Waals surface area (Å²) in [6.07, 6.45) is -4.63. The van der Waals surface area contributed by atoms with Crippen LogP contribution in [0.3, 0.4) is 0 Å². The fraction of sp³-hybridized carbons (Fsp3) is 0.476. The predicted octanol–water partition coefficient (Wildman–Crippen LogP) is 5.14. The number of hydrogen-bond donors (Lipinski definition) is 1. The third-order valence-corrected chi connectivity index (χ3v) is 4.65. The number of amides is 1. The number of hydrogen-bond acceptors (Lipinski definition) is 3. The first-order valence-corrected chi connectivity index (χ1v) is 9.15. The molecule has 1 aliphatic rings. The second-order valence-electron chi connectivity index (χ2n) is 8.79. The number of carbonyl (C=O) groups is 1. The Labute approximate surface area is 162 Å². The lowest BCUT2D eigenvalue weighted by Gasteiger charge is -2.39. The largest absolute Gasteiger partial charge is 0.488 e. The SMILES string of the molecule is CC(C)(C)Oc1cc2ccccc2cc1C(N1NC(=O)CC1(C)C)C(F)(F)F. The van der Waals surface area contributed by atoms with Gasteiger partial charge in [-0.2, -0.15) is 18.2 Å². The summed E-state index contributed by atoms with van der Waals surface area (Å²) in [5.74, 6) is -0.274. The molecule has 152 valence electrons. The quantitative estimate of drug-likeness (QED) is 0.784. The molecule has 0 radical (unpaired) electrons. The van der Waals surface area contributed by atoms with Gasteiger partial charge in [0, 0.05) is 17.5 Å². The van der Waals surface area contributed by atoms with Crippen LogP contribution in [0.15, 0.2) is 36.4 Å². The van der Waals surface area contributed by atoms with E-state index in [2.05, 4.69) is 5.43 Å². The summed E-state index contributed by atoms with van der Waals surface area (Å²) in [5, 5.41) is 2.47. The number of benzene rings is 2. The second-order valence-corrected chi connectivity index (χ2v) is 8.79. The van der Waals surface area contributed by atoms with E-state index in [1.54, 1.807) is 52.8 Å². The zero-order valence-corrected chi connectivity index (χ0v) is 16.6. The highest BCUT2D eigenvalue weighted by atomic mass is 19.4. The first kappa shape index (κ1) is 20.5. The first-order chi connectivity index (χ1) is 12.8. The molecule has 4 nitrogen and oxygen atoms in total. The maximum Gasteiger partial charge on any atom is 0.410 e. The summed E-state index contributed by atoms with van der Waals surface area (Å²) in [4.78, 5) is 11.9. The van der Waals surface area contributed by atoms with Gasteiger partial charge in [-0.25, -0.2) is 0 Å². The Kier molecular flexibility index (Phi) is 4.86. The van der Waals surface area contributed by atoms with Gasteiger partial charge in [0.05, 0.1) is 0 Å². The minimum atomic E-state index is -4.62. The summed E-state index contributed by atoms with van der Waals surface area (Å²) in [7, 11) is 0. The van der Waals surface area contributed by atoms with Crippen molar-refractivity contribution in [2.75, 3.05) is 0 Å². The Balaban J connectivity index is 2.24. The van der Waals surface area contributed by atoms with Crippen LogP contribution in [0.1, 0.15) is 52.6 Å². The molecule has 3 rings (SSSR count). The molecule has 0 bridgehead atoms. The molecule has 0 aromatic heterocycles. The van der Waals surface area contributed by atoms with Crippen LogP contribution in [0.4, 0.5) is 13.2 Å². The van der Waals surface area contributed by atoms with Crippen molar-refractivity contribution in [1.82, 2.24) is 10.4 Å². The third kappa shape index (κ3) is 4.09. The number of halogens is 3. The normalized spacial score (nSPS) is 18.9. The molecule has 1 amide bonds. The number of ether oxygens (including phenoxy) is 1. The van der Waals surface area contributed by atoms with E-state index in [0.29, 0.717) is 5.39 Å². The van der Waals surface area contributed by atoms with Gasteiger partial charge in [-0.3, -0.25) is 10.2 Å². The maximum absolute atomic E-state index is 14.3. The number of hydrazine groups is 1. The van der Waals surface area contributed by atoms with Gasteiger partial charge in [0.25, 0.3) is 0 Å². The average molecular weight is 394 g/mol. The Morgan fingerprint density at radius 2 is 1.68 bits per heavy atom. The van der Waals surface area contributed by atoms with Crippen LogP contribution in [-0.2, 0) is 4.79 Å². The maximum atomic E-state index is 14.3. The standard InChI is InChI=1S/C21H25F3N2O2/c1-19(2,3)28-16-11-14-9-7-6-8-13(14)10-15(16)18(21(22,23)24)26-20(4,5)12-17(27)25-26/h6-11,18H,12H2,1-5H3,(H,25,27). The van der Waals surface area contributed by atoms with Crippen molar-refractivity contribution in [3.05, 3.63) is 42.0 Å². The molecule has 0 aliphatic carbocycles. The molecule has 0 saturated carbocycles. The van der Waals surface area contributed by atoms with Crippen molar-refractivity contribution in [1.29, 1.82) is 0 Å². The molecule has 1 fully saturated rings. The topological polar surface area (TPSA) is 41.6 Å². The van der Waals surface area contributed by atoms with Crippen LogP contribution >= 0.6 is 0 Å². The summed E-state index contributed by atoms with van der Waals surface area (Å²) < 4.78 is 48.8. The molecule has 1 aliphatic heterocycles. The zero-order chi connectivity index (χ0) is 20.9. The van der Waals surface area contributed by atoms with Gasteiger partial charge in [-0.1, -0.05) is 24.3 Å². The molecule has 1 heterocycles. The van der Waals surface area contributed by atoms with Gasteiger partial charge in [0.2, 0.25) is 5.91 Å². The number of nitrogens with zero attached hydrogens (tertiary/aromatic N) is 1. The molecule has 2 aromatic rings. The lowest BCUT2D eigenvalue weighted by Crippen LogP contribution is -2.51. The smallest absolute Gasteiger partial charge is 0.410 e. The van der Waals surface area contributed by atoms with Gasteiger partial charge < -0.3 is 4.74 Å². The molecule has 0 spiro atoms. The van der Waals surface area contributed by atoms with Crippen molar-refractivity contribution in [2.24, 2.45) is 0 Å². The Morgan fingerprint density at radius 1 is 1.11 bits per heavy atom. The molecule has 1 unspecified atom stereocenters. The lowest BCUT2D eigenvalue weighted by molar-refractivity contribution is -0.204. The van der Waals surface area contributed by atoms with Crippen molar-refractivity contribution in [3.63, 3.8) is 0 Å². The fourth-order valence-electron chi connectivity index (χ4n) is 3.55. The first-order valence-electron chi connectivity index (χ1n) is 9.15. The molecular weight excluding hydrogens is 369 g/mol. The average Bonchev–Trinajstić information content (AvgIpc) is 2.77. The van der Waals surface area contributed by atoms with Crippen molar-refractivity contribution >= 4 is 16.7 Å². The van der Waals surface area contributed by atoms with Crippen molar-refractivity contribution in [2.45, 2.75) is 64.4 Å². The Bertz CT molecular complexity index is 901. The fourth-order valence-corrected chi connectivity index (χ4v) is 3.55.